The molecule has 2 aromatic carbocycles. The monoisotopic (exact) mass is 423 g/mol. The van der Waals surface area contributed by atoms with E-state index >= 15 is 0 Å². The zero-order valence-corrected chi connectivity index (χ0v) is 17.3. The lowest BCUT2D eigenvalue weighted by molar-refractivity contribution is 0.175. The van der Waals surface area contributed by atoms with Gasteiger partial charge in [-0.1, -0.05) is 31.2 Å². The predicted octanol–water partition coefficient (Wildman–Crippen LogP) is 1.45. The van der Waals surface area contributed by atoms with E-state index in [9.17, 15) is 16.8 Å². The van der Waals surface area contributed by atoms with Gasteiger partial charge in [0, 0.05) is 25.7 Å². The number of hydrogen-bond donors (Lipinski definition) is 2. The van der Waals surface area contributed by atoms with Crippen LogP contribution in [-0.4, -0.2) is 40.9 Å². The summed E-state index contributed by atoms with van der Waals surface area (Å²) in [7, 11) is -7.59. The van der Waals surface area contributed by atoms with Crippen molar-refractivity contribution in [3.8, 4) is 0 Å². The van der Waals surface area contributed by atoms with E-state index in [1.807, 2.05) is 19.1 Å². The Morgan fingerprint density at radius 3 is 2.21 bits per heavy atom. The molecule has 0 aromatic heterocycles. The minimum absolute atomic E-state index is 0.0127. The number of sulfonamides is 2. The van der Waals surface area contributed by atoms with E-state index < -0.39 is 20.0 Å². The molecule has 7 nitrogen and oxygen atoms in total. The first-order valence-corrected chi connectivity index (χ1v) is 12.2. The number of nitrogens with zero attached hydrogens (tertiary/aromatic N) is 1. The zero-order chi connectivity index (χ0) is 20.4. The number of benzene rings is 2. The molecule has 0 saturated heterocycles. The Hall–Kier alpha value is -1.78. The van der Waals surface area contributed by atoms with Crippen LogP contribution in [0.2, 0.25) is 0 Å². The van der Waals surface area contributed by atoms with Crippen molar-refractivity contribution in [1.82, 2.24) is 9.62 Å². The lowest BCUT2D eigenvalue weighted by Crippen LogP contribution is -2.45. The molecule has 1 unspecified atom stereocenters. The van der Waals surface area contributed by atoms with Crippen LogP contribution < -0.4 is 9.86 Å². The Morgan fingerprint density at radius 2 is 1.61 bits per heavy atom. The molecule has 0 saturated carbocycles. The lowest BCUT2D eigenvalue weighted by atomic mass is 9.98. The molecule has 0 radical (unpaired) electrons. The summed E-state index contributed by atoms with van der Waals surface area (Å²) >= 11 is 0. The van der Waals surface area contributed by atoms with Gasteiger partial charge in [0.2, 0.25) is 20.0 Å². The third kappa shape index (κ3) is 4.79. The molecule has 1 atom stereocenters. The van der Waals surface area contributed by atoms with Gasteiger partial charge in [-0.3, -0.25) is 4.90 Å². The molecule has 3 rings (SSSR count). The van der Waals surface area contributed by atoms with Gasteiger partial charge in [0.15, 0.2) is 0 Å². The highest BCUT2D eigenvalue weighted by atomic mass is 32.2. The van der Waals surface area contributed by atoms with E-state index in [1.54, 1.807) is 0 Å². The van der Waals surface area contributed by atoms with Crippen molar-refractivity contribution < 1.29 is 16.8 Å². The van der Waals surface area contributed by atoms with Crippen LogP contribution in [0.15, 0.2) is 58.3 Å². The topological polar surface area (TPSA) is 110 Å². The molecule has 3 N–H and O–H groups in total. The van der Waals surface area contributed by atoms with Crippen LogP contribution >= 0.6 is 0 Å². The Morgan fingerprint density at radius 1 is 1.00 bits per heavy atom. The Balaban J connectivity index is 1.67. The van der Waals surface area contributed by atoms with E-state index in [0.29, 0.717) is 0 Å². The highest BCUT2D eigenvalue weighted by Crippen LogP contribution is 2.21. The fourth-order valence-corrected chi connectivity index (χ4v) is 5.05. The summed E-state index contributed by atoms with van der Waals surface area (Å²) in [6.45, 7) is 4.03. The van der Waals surface area contributed by atoms with E-state index in [1.165, 1.54) is 35.4 Å². The maximum absolute atomic E-state index is 12.6. The molecule has 0 spiro atoms. The summed E-state index contributed by atoms with van der Waals surface area (Å²) in [5.74, 6) is 0. The third-order valence-corrected chi connectivity index (χ3v) is 7.49. The van der Waals surface area contributed by atoms with Crippen molar-refractivity contribution in [2.24, 2.45) is 5.14 Å². The first-order chi connectivity index (χ1) is 13.2. The second-order valence-electron chi connectivity index (χ2n) is 6.92. The van der Waals surface area contributed by atoms with E-state index in [2.05, 4.69) is 21.8 Å². The average Bonchev–Trinajstić information content (AvgIpc) is 2.67. The SMILES string of the molecule is CCC(CNS(=O)(=O)c1ccc(S(N)(=O)=O)cc1)N1CCc2ccccc2C1. The van der Waals surface area contributed by atoms with Gasteiger partial charge in [0.1, 0.15) is 0 Å². The van der Waals surface area contributed by atoms with Crippen molar-refractivity contribution in [3.63, 3.8) is 0 Å². The Kier molecular flexibility index (Phi) is 6.21. The largest absolute Gasteiger partial charge is 0.295 e. The summed E-state index contributed by atoms with van der Waals surface area (Å²) in [4.78, 5) is 2.19. The molecule has 2 aromatic rings. The maximum Gasteiger partial charge on any atom is 0.240 e. The summed E-state index contributed by atoms with van der Waals surface area (Å²) in [6.07, 6.45) is 1.77. The number of rotatable bonds is 7. The van der Waals surface area contributed by atoms with Crippen LogP contribution in [0, 0.1) is 0 Å². The van der Waals surface area contributed by atoms with Gasteiger partial charge in [-0.05, 0) is 48.2 Å². The molecule has 0 amide bonds. The number of primary sulfonamides is 1. The molecule has 1 aliphatic heterocycles. The highest BCUT2D eigenvalue weighted by Gasteiger charge is 2.24. The first kappa shape index (κ1) is 20.9. The smallest absolute Gasteiger partial charge is 0.240 e. The van der Waals surface area contributed by atoms with Crippen LogP contribution in [-0.2, 0) is 33.0 Å². The van der Waals surface area contributed by atoms with Crippen molar-refractivity contribution in [2.45, 2.75) is 42.1 Å². The molecule has 152 valence electrons. The van der Waals surface area contributed by atoms with Gasteiger partial charge in [-0.15, -0.1) is 0 Å². The fourth-order valence-electron chi connectivity index (χ4n) is 3.46. The van der Waals surface area contributed by atoms with Gasteiger partial charge >= 0.3 is 0 Å². The molecule has 1 aliphatic rings. The van der Waals surface area contributed by atoms with Crippen LogP contribution in [0.25, 0.3) is 0 Å². The fraction of sp³-hybridized carbons (Fsp3) is 0.368. The normalized spacial score (nSPS) is 16.5. The van der Waals surface area contributed by atoms with Crippen molar-refractivity contribution in [1.29, 1.82) is 0 Å². The van der Waals surface area contributed by atoms with Crippen LogP contribution in [0.1, 0.15) is 24.5 Å². The number of nitrogens with one attached hydrogen (secondary N) is 1. The summed E-state index contributed by atoms with van der Waals surface area (Å²) in [6, 6.07) is 13.3. The second kappa shape index (κ2) is 8.30. The van der Waals surface area contributed by atoms with Crippen LogP contribution in [0.3, 0.4) is 0 Å². The maximum atomic E-state index is 12.6. The molecular formula is C19H25N3O4S2. The van der Waals surface area contributed by atoms with E-state index in [-0.39, 0.29) is 22.4 Å². The van der Waals surface area contributed by atoms with E-state index in [0.717, 1.165) is 25.9 Å². The molecule has 0 aliphatic carbocycles. The van der Waals surface area contributed by atoms with Gasteiger partial charge < -0.3 is 0 Å². The van der Waals surface area contributed by atoms with E-state index in [4.69, 9.17) is 5.14 Å². The molecular weight excluding hydrogens is 398 g/mol. The first-order valence-electron chi connectivity index (χ1n) is 9.14. The van der Waals surface area contributed by atoms with Crippen LogP contribution in [0.5, 0.6) is 0 Å². The van der Waals surface area contributed by atoms with Gasteiger partial charge in [0.05, 0.1) is 9.79 Å². The van der Waals surface area contributed by atoms with Gasteiger partial charge in [-0.25, -0.2) is 26.7 Å². The van der Waals surface area contributed by atoms with Gasteiger partial charge in [-0.2, -0.15) is 0 Å². The van der Waals surface area contributed by atoms with Crippen molar-refractivity contribution >= 4 is 20.0 Å². The standard InChI is InChI=1S/C19H25N3O4S2/c1-2-17(22-12-11-15-5-3-4-6-16(15)14-22)13-21-28(25,26)19-9-7-18(8-10-19)27(20,23)24/h3-10,17,21H,2,11-14H2,1H3,(H2,20,23,24). The minimum Gasteiger partial charge on any atom is -0.295 e. The average molecular weight is 424 g/mol. The minimum atomic E-state index is -3.86. The highest BCUT2D eigenvalue weighted by molar-refractivity contribution is 7.89. The second-order valence-corrected chi connectivity index (χ2v) is 10.2. The molecule has 0 bridgehead atoms. The number of fused-ring (bicyclic) bond motifs is 1. The Labute approximate surface area is 166 Å². The Bertz CT molecular complexity index is 1040. The predicted molar refractivity (Wildman–Crippen MR) is 108 cm³/mol. The van der Waals surface area contributed by atoms with Gasteiger partial charge in [0.25, 0.3) is 0 Å². The molecule has 0 fully saturated rings. The summed E-state index contributed by atoms with van der Waals surface area (Å²) in [5, 5.41) is 5.05. The molecule has 28 heavy (non-hydrogen) atoms. The van der Waals surface area contributed by atoms with Crippen molar-refractivity contribution in [2.75, 3.05) is 13.1 Å². The summed E-state index contributed by atoms with van der Waals surface area (Å²) < 4.78 is 50.5. The number of hydrogen-bond acceptors (Lipinski definition) is 5. The molecule has 9 heteroatoms. The number of nitrogens with two attached hydrogens (primary N) is 1. The third-order valence-electron chi connectivity index (χ3n) is 5.12. The van der Waals surface area contributed by atoms with Crippen molar-refractivity contribution in [3.05, 3.63) is 59.7 Å². The lowest BCUT2D eigenvalue weighted by Gasteiger charge is -2.35. The van der Waals surface area contributed by atoms with Crippen LogP contribution in [0.4, 0.5) is 0 Å². The molecule has 1 heterocycles. The summed E-state index contributed by atoms with van der Waals surface area (Å²) in [5.41, 5.74) is 2.64. The quantitative estimate of drug-likeness (QED) is 0.700. The zero-order valence-electron chi connectivity index (χ0n) is 15.7.